The lowest BCUT2D eigenvalue weighted by Crippen LogP contribution is -2.27. The summed E-state index contributed by atoms with van der Waals surface area (Å²) in [5.74, 6) is 0.450. The van der Waals surface area contributed by atoms with Gasteiger partial charge in [0.1, 0.15) is 16.4 Å². The Bertz CT molecular complexity index is 767. The molecule has 0 aliphatic rings. The Balaban J connectivity index is 2.06. The Morgan fingerprint density at radius 1 is 1.20 bits per heavy atom. The average Bonchev–Trinajstić information content (AvgIpc) is 2.92. The molecule has 1 N–H and O–H groups in total. The van der Waals surface area contributed by atoms with E-state index in [0.29, 0.717) is 5.82 Å². The molecular formula is C19H25N3O2S. The molecule has 5 nitrogen and oxygen atoms in total. The van der Waals surface area contributed by atoms with Crippen LogP contribution in [0.25, 0.3) is 12.2 Å². The highest BCUT2D eigenvalue weighted by atomic mass is 32.1. The summed E-state index contributed by atoms with van der Waals surface area (Å²) in [5.41, 5.74) is 1.51. The van der Waals surface area contributed by atoms with E-state index in [1.165, 1.54) is 0 Å². The Kier molecular flexibility index (Phi) is 5.62. The number of hydrogen-bond donors (Lipinski definition) is 1. The smallest absolute Gasteiger partial charge is 0.413 e. The molecule has 0 fully saturated rings. The van der Waals surface area contributed by atoms with Crippen LogP contribution in [0.15, 0.2) is 23.7 Å². The number of nitrogens with one attached hydrogen (secondary N) is 1. The van der Waals surface area contributed by atoms with Gasteiger partial charge in [-0.3, -0.25) is 5.32 Å². The molecule has 2 rings (SSSR count). The quantitative estimate of drug-likeness (QED) is 0.802. The molecule has 0 saturated carbocycles. The van der Waals surface area contributed by atoms with E-state index >= 15 is 0 Å². The van der Waals surface area contributed by atoms with E-state index < -0.39 is 11.7 Å². The second-order valence-electron chi connectivity index (χ2n) is 7.76. The normalized spacial score (nSPS) is 12.4. The van der Waals surface area contributed by atoms with Crippen molar-refractivity contribution >= 4 is 35.4 Å². The zero-order valence-electron chi connectivity index (χ0n) is 15.6. The molecule has 0 spiro atoms. The molecule has 2 aromatic heterocycles. The first kappa shape index (κ1) is 19.1. The summed E-state index contributed by atoms with van der Waals surface area (Å²) in [5, 5.41) is 5.67. The minimum atomic E-state index is -0.544. The SMILES string of the molecule is CC(C)(C)OC(=O)Nc1cc(/C=C/c2nc(C(C)(C)C)cs2)ccn1. The first-order chi connectivity index (χ1) is 11.5. The predicted octanol–water partition coefficient (Wildman–Crippen LogP) is 5.35. The fourth-order valence-corrected chi connectivity index (χ4v) is 2.84. The zero-order chi connectivity index (χ0) is 18.7. The van der Waals surface area contributed by atoms with Crippen molar-refractivity contribution in [1.29, 1.82) is 0 Å². The van der Waals surface area contributed by atoms with Crippen LogP contribution < -0.4 is 5.32 Å². The van der Waals surface area contributed by atoms with E-state index in [-0.39, 0.29) is 5.41 Å². The number of aromatic nitrogens is 2. The van der Waals surface area contributed by atoms with E-state index in [2.05, 4.69) is 41.4 Å². The van der Waals surface area contributed by atoms with Crippen LogP contribution in [0.1, 0.15) is 57.8 Å². The number of carbonyl (C=O) groups is 1. The van der Waals surface area contributed by atoms with Gasteiger partial charge in [0, 0.05) is 17.0 Å². The van der Waals surface area contributed by atoms with Crippen molar-refractivity contribution in [1.82, 2.24) is 9.97 Å². The van der Waals surface area contributed by atoms with Crippen molar-refractivity contribution in [2.75, 3.05) is 5.32 Å². The molecule has 1 amide bonds. The topological polar surface area (TPSA) is 64.1 Å². The molecule has 0 unspecified atom stereocenters. The molecule has 0 saturated heterocycles. The van der Waals surface area contributed by atoms with Gasteiger partial charge in [-0.05, 0) is 44.5 Å². The molecule has 0 atom stereocenters. The summed E-state index contributed by atoms with van der Waals surface area (Å²) in [6.45, 7) is 11.9. The monoisotopic (exact) mass is 359 g/mol. The predicted molar refractivity (Wildman–Crippen MR) is 104 cm³/mol. The Hall–Kier alpha value is -2.21. The van der Waals surface area contributed by atoms with Gasteiger partial charge in [0.05, 0.1) is 5.69 Å². The lowest BCUT2D eigenvalue weighted by Gasteiger charge is -2.19. The van der Waals surface area contributed by atoms with Crippen molar-refractivity contribution in [2.24, 2.45) is 0 Å². The van der Waals surface area contributed by atoms with Gasteiger partial charge in [0.25, 0.3) is 0 Å². The van der Waals surface area contributed by atoms with Gasteiger partial charge >= 0.3 is 6.09 Å². The highest BCUT2D eigenvalue weighted by molar-refractivity contribution is 7.10. The van der Waals surface area contributed by atoms with Gasteiger partial charge < -0.3 is 4.74 Å². The van der Waals surface area contributed by atoms with Crippen LogP contribution in [-0.4, -0.2) is 21.7 Å². The number of amides is 1. The second kappa shape index (κ2) is 7.35. The third-order valence-corrected chi connectivity index (χ3v) is 3.93. The summed E-state index contributed by atoms with van der Waals surface area (Å²) in [6, 6.07) is 3.66. The number of hydrogen-bond acceptors (Lipinski definition) is 5. The Labute approximate surface area is 153 Å². The van der Waals surface area contributed by atoms with Crippen molar-refractivity contribution in [2.45, 2.75) is 52.6 Å². The molecule has 0 aromatic carbocycles. The summed E-state index contributed by atoms with van der Waals surface area (Å²) in [4.78, 5) is 20.6. The number of thiazole rings is 1. The number of ether oxygens (including phenoxy) is 1. The first-order valence-electron chi connectivity index (χ1n) is 8.13. The minimum absolute atomic E-state index is 0.0454. The van der Waals surface area contributed by atoms with Crippen molar-refractivity contribution in [3.8, 4) is 0 Å². The lowest BCUT2D eigenvalue weighted by atomic mass is 9.93. The van der Waals surface area contributed by atoms with Gasteiger partial charge in [-0.2, -0.15) is 0 Å². The van der Waals surface area contributed by atoms with Crippen LogP contribution in [0.2, 0.25) is 0 Å². The van der Waals surface area contributed by atoms with Gasteiger partial charge in [-0.25, -0.2) is 14.8 Å². The number of nitrogens with zero attached hydrogens (tertiary/aromatic N) is 2. The van der Waals surface area contributed by atoms with Crippen molar-refractivity contribution in [3.63, 3.8) is 0 Å². The summed E-state index contributed by atoms with van der Waals surface area (Å²) in [7, 11) is 0. The van der Waals surface area contributed by atoms with Gasteiger partial charge in [-0.1, -0.05) is 26.8 Å². The number of rotatable bonds is 3. The third-order valence-electron chi connectivity index (χ3n) is 3.12. The summed E-state index contributed by atoms with van der Waals surface area (Å²) >= 11 is 1.61. The average molecular weight is 359 g/mol. The van der Waals surface area contributed by atoms with Crippen LogP contribution in [0.3, 0.4) is 0 Å². The molecule has 0 aliphatic heterocycles. The Morgan fingerprint density at radius 2 is 1.92 bits per heavy atom. The van der Waals surface area contributed by atoms with Gasteiger partial charge in [0.2, 0.25) is 0 Å². The maximum atomic E-state index is 11.8. The maximum absolute atomic E-state index is 11.8. The highest BCUT2D eigenvalue weighted by Gasteiger charge is 2.17. The largest absolute Gasteiger partial charge is 0.444 e. The van der Waals surface area contributed by atoms with E-state index in [0.717, 1.165) is 16.3 Å². The minimum Gasteiger partial charge on any atom is -0.444 e. The number of pyridine rings is 1. The molecular weight excluding hydrogens is 334 g/mol. The van der Waals surface area contributed by atoms with Crippen molar-refractivity contribution in [3.05, 3.63) is 40.0 Å². The van der Waals surface area contributed by atoms with Crippen molar-refractivity contribution < 1.29 is 9.53 Å². The Morgan fingerprint density at radius 3 is 2.52 bits per heavy atom. The van der Waals surface area contributed by atoms with Crippen LogP contribution in [-0.2, 0) is 10.2 Å². The zero-order valence-corrected chi connectivity index (χ0v) is 16.4. The fourth-order valence-electron chi connectivity index (χ4n) is 1.90. The fraction of sp³-hybridized carbons (Fsp3) is 0.421. The van der Waals surface area contributed by atoms with Crippen LogP contribution in [0.4, 0.5) is 10.6 Å². The van der Waals surface area contributed by atoms with E-state index in [9.17, 15) is 4.79 Å². The molecule has 0 bridgehead atoms. The summed E-state index contributed by atoms with van der Waals surface area (Å²) in [6.07, 6.45) is 5.05. The molecule has 0 aliphatic carbocycles. The first-order valence-corrected chi connectivity index (χ1v) is 9.01. The molecule has 0 radical (unpaired) electrons. The van der Waals surface area contributed by atoms with Gasteiger partial charge in [-0.15, -0.1) is 11.3 Å². The maximum Gasteiger partial charge on any atom is 0.413 e. The number of anilines is 1. The molecule has 134 valence electrons. The van der Waals surface area contributed by atoms with Gasteiger partial charge in [0.15, 0.2) is 0 Å². The van der Waals surface area contributed by atoms with E-state index in [4.69, 9.17) is 4.74 Å². The number of carbonyl (C=O) groups excluding carboxylic acids is 1. The molecule has 6 heteroatoms. The van der Waals surface area contributed by atoms with Crippen LogP contribution in [0.5, 0.6) is 0 Å². The van der Waals surface area contributed by atoms with E-state index in [1.54, 1.807) is 23.6 Å². The standard InChI is InChI=1S/C19H25N3O2S/c1-18(2,3)14-12-25-16(21-14)8-7-13-9-10-20-15(11-13)22-17(23)24-19(4,5)6/h7-12H,1-6H3,(H,20,22,23)/b8-7+. The third kappa shape index (κ3) is 6.31. The van der Waals surface area contributed by atoms with Crippen LogP contribution in [0, 0.1) is 0 Å². The highest BCUT2D eigenvalue weighted by Crippen LogP contribution is 2.25. The van der Waals surface area contributed by atoms with E-state index in [1.807, 2.05) is 39.0 Å². The second-order valence-corrected chi connectivity index (χ2v) is 8.65. The molecule has 2 heterocycles. The summed E-state index contributed by atoms with van der Waals surface area (Å²) < 4.78 is 5.23. The molecule has 25 heavy (non-hydrogen) atoms. The van der Waals surface area contributed by atoms with Crippen LogP contribution >= 0.6 is 11.3 Å². The lowest BCUT2D eigenvalue weighted by molar-refractivity contribution is 0.0635. The molecule has 2 aromatic rings.